The van der Waals surface area contributed by atoms with Gasteiger partial charge in [0.05, 0.1) is 39.4 Å². The number of hydrogen-bond acceptors (Lipinski definition) is 3. The summed E-state index contributed by atoms with van der Waals surface area (Å²) >= 11 is 0. The zero-order valence-electron chi connectivity index (χ0n) is 17.3. The van der Waals surface area contributed by atoms with E-state index in [9.17, 15) is 4.79 Å². The van der Waals surface area contributed by atoms with Gasteiger partial charge in [-0.2, -0.15) is 0 Å². The van der Waals surface area contributed by atoms with Gasteiger partial charge in [0.2, 0.25) is 0 Å². The number of benzene rings is 1. The molecule has 0 aliphatic carbocycles. The molecule has 1 aromatic rings. The Morgan fingerprint density at radius 2 is 1.86 bits per heavy atom. The SMILES string of the molecule is CCCC[NH2+]c1ccc(C(=O)OCCC[NH+]2CCCCC2)c(OCC)c1.[Cl-].[Cl-]. The second-order valence-corrected chi connectivity index (χ2v) is 7.09. The van der Waals surface area contributed by atoms with Crippen LogP contribution in [0.1, 0.15) is 62.7 Å². The van der Waals surface area contributed by atoms with Crippen molar-refractivity contribution in [2.75, 3.05) is 39.4 Å². The molecule has 2 rings (SSSR count). The number of unbranched alkanes of at least 4 members (excludes halogenated alkanes) is 1. The summed E-state index contributed by atoms with van der Waals surface area (Å²) in [7, 11) is 0. The molecule has 3 N–H and O–H groups in total. The van der Waals surface area contributed by atoms with Crippen molar-refractivity contribution in [2.45, 2.75) is 52.4 Å². The summed E-state index contributed by atoms with van der Waals surface area (Å²) in [5.41, 5.74) is 1.64. The van der Waals surface area contributed by atoms with E-state index in [4.69, 9.17) is 9.47 Å². The first-order valence-corrected chi connectivity index (χ1v) is 10.3. The number of carbonyl (C=O) groups is 1. The summed E-state index contributed by atoms with van der Waals surface area (Å²) < 4.78 is 11.2. The fourth-order valence-corrected chi connectivity index (χ4v) is 3.45. The van der Waals surface area contributed by atoms with Crippen molar-refractivity contribution in [3.63, 3.8) is 0 Å². The number of hydrogen-bond donors (Lipinski definition) is 2. The van der Waals surface area contributed by atoms with Crippen molar-refractivity contribution in [1.82, 2.24) is 0 Å². The van der Waals surface area contributed by atoms with Crippen LogP contribution in [-0.2, 0) is 4.74 Å². The molecule has 1 heterocycles. The molecule has 0 radical (unpaired) electrons. The third-order valence-electron chi connectivity index (χ3n) is 4.93. The summed E-state index contributed by atoms with van der Waals surface area (Å²) in [4.78, 5) is 14.1. The lowest BCUT2D eigenvalue weighted by Gasteiger charge is -2.23. The maximum atomic E-state index is 12.4. The third-order valence-corrected chi connectivity index (χ3v) is 4.93. The van der Waals surface area contributed by atoms with Crippen LogP contribution >= 0.6 is 0 Å². The zero-order chi connectivity index (χ0) is 18.6. The first-order valence-electron chi connectivity index (χ1n) is 10.3. The molecule has 1 aromatic carbocycles. The number of nitrogens with two attached hydrogens (primary N) is 1. The van der Waals surface area contributed by atoms with Crippen LogP contribution in [0.5, 0.6) is 5.75 Å². The van der Waals surface area contributed by atoms with Gasteiger partial charge >= 0.3 is 5.97 Å². The number of rotatable bonds is 11. The minimum atomic E-state index is -0.276. The molecule has 0 spiro atoms. The lowest BCUT2D eigenvalue weighted by Crippen LogP contribution is -3.12. The van der Waals surface area contributed by atoms with E-state index in [1.807, 2.05) is 25.1 Å². The predicted octanol–water partition coefficient (Wildman–Crippen LogP) is -4.30. The first kappa shape index (κ1) is 27.0. The van der Waals surface area contributed by atoms with E-state index in [-0.39, 0.29) is 30.8 Å². The number of quaternary nitrogens is 2. The smallest absolute Gasteiger partial charge is 0.341 e. The summed E-state index contributed by atoms with van der Waals surface area (Å²) in [6, 6.07) is 5.77. The molecule has 0 amide bonds. The normalized spacial score (nSPS) is 13.9. The molecular weight excluding hydrogens is 399 g/mol. The fraction of sp³-hybridized carbons (Fsp3) is 0.667. The molecule has 0 unspecified atom stereocenters. The average molecular weight is 435 g/mol. The second-order valence-electron chi connectivity index (χ2n) is 7.09. The summed E-state index contributed by atoms with van der Waals surface area (Å²) in [6.07, 6.45) is 7.30. The van der Waals surface area contributed by atoms with Crippen molar-refractivity contribution >= 4 is 11.7 Å². The Hall–Kier alpha value is -1.01. The van der Waals surface area contributed by atoms with Gasteiger partial charge in [0.15, 0.2) is 0 Å². The Morgan fingerprint density at radius 3 is 2.54 bits per heavy atom. The van der Waals surface area contributed by atoms with E-state index in [0.29, 0.717) is 24.5 Å². The molecule has 1 saturated heterocycles. The molecule has 28 heavy (non-hydrogen) atoms. The lowest BCUT2D eigenvalue weighted by molar-refractivity contribution is -0.905. The lowest BCUT2D eigenvalue weighted by atomic mass is 10.1. The number of ether oxygens (including phenoxy) is 2. The molecule has 0 aromatic heterocycles. The summed E-state index contributed by atoms with van der Waals surface area (Å²) in [6.45, 7) is 9.81. The molecule has 5 nitrogen and oxygen atoms in total. The van der Waals surface area contributed by atoms with Crippen molar-refractivity contribution in [3.8, 4) is 5.75 Å². The topological polar surface area (TPSA) is 56.6 Å². The van der Waals surface area contributed by atoms with E-state index in [1.165, 1.54) is 45.2 Å². The standard InChI is InChI=1S/C21H34N2O3.2ClH/c1-3-5-12-22-18-10-11-19(20(17-18)25-4-2)21(24)26-16-9-15-23-13-7-6-8-14-23;;/h10-11,17,22H,3-9,12-16H2,1-2H3;2*1H. The van der Waals surface area contributed by atoms with Crippen molar-refractivity contribution in [3.05, 3.63) is 23.8 Å². The highest BCUT2D eigenvalue weighted by molar-refractivity contribution is 5.92. The Labute approximate surface area is 182 Å². The van der Waals surface area contributed by atoms with E-state index in [2.05, 4.69) is 12.2 Å². The van der Waals surface area contributed by atoms with Crippen LogP contribution in [0.15, 0.2) is 18.2 Å². The zero-order valence-corrected chi connectivity index (χ0v) is 18.8. The van der Waals surface area contributed by atoms with Crippen LogP contribution in [0.2, 0.25) is 0 Å². The van der Waals surface area contributed by atoms with Gasteiger partial charge < -0.3 is 44.5 Å². The Balaban J connectivity index is 0.00000364. The van der Waals surface area contributed by atoms with Gasteiger partial charge in [-0.05, 0) is 38.7 Å². The van der Waals surface area contributed by atoms with Crippen LogP contribution in [0.3, 0.4) is 0 Å². The maximum absolute atomic E-state index is 12.4. The molecule has 1 aliphatic rings. The number of likely N-dealkylation sites (tertiary alicyclic amines) is 1. The van der Waals surface area contributed by atoms with Crippen LogP contribution < -0.4 is 39.8 Å². The monoisotopic (exact) mass is 434 g/mol. The van der Waals surface area contributed by atoms with Crippen LogP contribution in [-0.4, -0.2) is 45.4 Å². The minimum Gasteiger partial charge on any atom is -1.00 e. The third kappa shape index (κ3) is 9.46. The molecule has 7 heteroatoms. The highest BCUT2D eigenvalue weighted by atomic mass is 35.5. The second kappa shape index (κ2) is 15.9. The van der Waals surface area contributed by atoms with Crippen LogP contribution in [0.25, 0.3) is 0 Å². The quantitative estimate of drug-likeness (QED) is 0.210. The van der Waals surface area contributed by atoms with E-state index >= 15 is 0 Å². The number of piperidine rings is 1. The number of nitrogens with one attached hydrogen (secondary N) is 1. The van der Waals surface area contributed by atoms with Crippen LogP contribution in [0.4, 0.5) is 5.69 Å². The van der Waals surface area contributed by atoms with Gasteiger partial charge in [-0.3, -0.25) is 0 Å². The van der Waals surface area contributed by atoms with E-state index in [1.54, 1.807) is 4.90 Å². The molecule has 0 atom stereocenters. The number of carbonyl (C=O) groups excluding carboxylic acids is 1. The van der Waals surface area contributed by atoms with Crippen molar-refractivity contribution in [2.24, 2.45) is 0 Å². The van der Waals surface area contributed by atoms with E-state index < -0.39 is 0 Å². The van der Waals surface area contributed by atoms with Gasteiger partial charge in [0.1, 0.15) is 17.0 Å². The highest BCUT2D eigenvalue weighted by Gasteiger charge is 2.17. The van der Waals surface area contributed by atoms with Gasteiger partial charge in [-0.15, -0.1) is 0 Å². The van der Waals surface area contributed by atoms with Crippen LogP contribution in [0, 0.1) is 0 Å². The minimum absolute atomic E-state index is 0. The Bertz CT molecular complexity index is 552. The van der Waals surface area contributed by atoms with E-state index in [0.717, 1.165) is 25.2 Å². The summed E-state index contributed by atoms with van der Waals surface area (Å²) in [5, 5.41) is 2.20. The number of esters is 1. The average Bonchev–Trinajstić information content (AvgIpc) is 2.67. The number of halogens is 2. The summed E-state index contributed by atoms with van der Waals surface area (Å²) in [5.74, 6) is 0.353. The molecule has 0 bridgehead atoms. The Kier molecular flexibility index (Phi) is 15.3. The van der Waals surface area contributed by atoms with Gasteiger partial charge in [-0.25, -0.2) is 4.79 Å². The molecular formula is C21H36Cl2N2O3. The first-order chi connectivity index (χ1) is 12.7. The largest absolute Gasteiger partial charge is 1.00 e. The highest BCUT2D eigenvalue weighted by Crippen LogP contribution is 2.22. The van der Waals surface area contributed by atoms with Crippen molar-refractivity contribution in [1.29, 1.82) is 0 Å². The molecule has 0 saturated carbocycles. The van der Waals surface area contributed by atoms with Gasteiger partial charge in [0, 0.05) is 18.6 Å². The maximum Gasteiger partial charge on any atom is 0.341 e. The van der Waals surface area contributed by atoms with Gasteiger partial charge in [0.25, 0.3) is 0 Å². The van der Waals surface area contributed by atoms with Gasteiger partial charge in [-0.1, -0.05) is 13.3 Å². The Morgan fingerprint density at radius 1 is 1.11 bits per heavy atom. The molecule has 1 aliphatic heterocycles. The molecule has 162 valence electrons. The predicted molar refractivity (Wildman–Crippen MR) is 103 cm³/mol. The molecule has 1 fully saturated rings. The fourth-order valence-electron chi connectivity index (χ4n) is 3.45. The van der Waals surface area contributed by atoms with Crippen molar-refractivity contribution < 1.29 is 49.3 Å².